The summed E-state index contributed by atoms with van der Waals surface area (Å²) in [5.41, 5.74) is 0. The zero-order chi connectivity index (χ0) is 15.1. The van der Waals surface area contributed by atoms with Crippen LogP contribution in [0, 0.1) is 5.92 Å². The maximum Gasteiger partial charge on any atom is 0.349 e. The first-order valence-electron chi connectivity index (χ1n) is 7.49. The Balaban J connectivity index is 2.72. The van der Waals surface area contributed by atoms with Crippen LogP contribution >= 0.6 is 11.3 Å². The summed E-state index contributed by atoms with van der Waals surface area (Å²) in [6.45, 7) is 9.10. The van der Waals surface area contributed by atoms with Crippen LogP contribution in [0.5, 0.6) is 5.75 Å². The Kier molecular flexibility index (Phi) is 7.06. The molecule has 3 nitrogen and oxygen atoms in total. The minimum atomic E-state index is -0.890. The van der Waals surface area contributed by atoms with E-state index < -0.39 is 5.97 Å². The van der Waals surface area contributed by atoms with Crippen LogP contribution in [0.1, 0.15) is 73.8 Å². The second kappa shape index (κ2) is 8.30. The van der Waals surface area contributed by atoms with Crippen LogP contribution in [0.3, 0.4) is 0 Å². The molecule has 0 spiro atoms. The molecule has 114 valence electrons. The van der Waals surface area contributed by atoms with Gasteiger partial charge in [-0.2, -0.15) is 0 Å². The lowest BCUT2D eigenvalue weighted by atomic mass is 10.0. The fraction of sp³-hybridized carbons (Fsp3) is 0.688. The van der Waals surface area contributed by atoms with Crippen LogP contribution in [-0.2, 0) is 0 Å². The molecular formula is C16H26O3S. The molecule has 1 unspecified atom stereocenters. The highest BCUT2D eigenvalue weighted by atomic mass is 32.1. The minimum Gasteiger partial charge on any atom is -0.491 e. The topological polar surface area (TPSA) is 46.5 Å². The van der Waals surface area contributed by atoms with E-state index in [-0.39, 0.29) is 0 Å². The molecule has 1 aromatic rings. The van der Waals surface area contributed by atoms with E-state index >= 15 is 0 Å². The van der Waals surface area contributed by atoms with Gasteiger partial charge in [0.25, 0.3) is 0 Å². The third-order valence-corrected chi connectivity index (χ3v) is 4.90. The Morgan fingerprint density at radius 2 is 2.10 bits per heavy atom. The lowest BCUT2D eigenvalue weighted by Gasteiger charge is -2.15. The zero-order valence-corrected chi connectivity index (χ0v) is 13.8. The minimum absolute atomic E-state index is 0.331. The molecule has 1 N–H and O–H groups in total. The fourth-order valence-electron chi connectivity index (χ4n) is 2.04. The highest BCUT2D eigenvalue weighted by molar-refractivity contribution is 7.14. The van der Waals surface area contributed by atoms with Gasteiger partial charge in [-0.15, -0.1) is 11.3 Å². The summed E-state index contributed by atoms with van der Waals surface area (Å²) in [5.74, 6) is 0.496. The van der Waals surface area contributed by atoms with Crippen LogP contribution in [0.15, 0.2) is 6.07 Å². The summed E-state index contributed by atoms with van der Waals surface area (Å²) < 4.78 is 5.81. The molecule has 0 bridgehead atoms. The van der Waals surface area contributed by atoms with Gasteiger partial charge in [0.2, 0.25) is 0 Å². The summed E-state index contributed by atoms with van der Waals surface area (Å²) in [6, 6.07) is 1.89. The van der Waals surface area contributed by atoms with Gasteiger partial charge < -0.3 is 9.84 Å². The van der Waals surface area contributed by atoms with Gasteiger partial charge in [-0.1, -0.05) is 47.0 Å². The van der Waals surface area contributed by atoms with Crippen molar-refractivity contribution in [3.8, 4) is 5.75 Å². The Morgan fingerprint density at radius 3 is 2.60 bits per heavy atom. The number of aromatic carboxylic acids is 1. The normalized spacial score (nSPS) is 12.7. The lowest BCUT2D eigenvalue weighted by Crippen LogP contribution is -2.12. The highest BCUT2D eigenvalue weighted by Gasteiger charge is 2.19. The predicted octanol–water partition coefficient (Wildman–Crippen LogP) is 5.16. The van der Waals surface area contributed by atoms with E-state index in [9.17, 15) is 9.90 Å². The van der Waals surface area contributed by atoms with Crippen molar-refractivity contribution in [2.75, 3.05) is 6.61 Å². The summed E-state index contributed by atoms with van der Waals surface area (Å²) in [4.78, 5) is 12.7. The molecule has 0 saturated carbocycles. The first kappa shape index (κ1) is 17.0. The Morgan fingerprint density at radius 1 is 1.40 bits per heavy atom. The number of rotatable bonds is 9. The third-order valence-electron chi connectivity index (χ3n) is 3.50. The number of hydrogen-bond donors (Lipinski definition) is 1. The van der Waals surface area contributed by atoms with E-state index in [0.717, 1.165) is 17.7 Å². The Labute approximate surface area is 126 Å². The average Bonchev–Trinajstić information content (AvgIpc) is 2.83. The Hall–Kier alpha value is -1.03. The van der Waals surface area contributed by atoms with E-state index in [4.69, 9.17) is 4.74 Å². The van der Waals surface area contributed by atoms with Crippen molar-refractivity contribution in [1.29, 1.82) is 0 Å². The van der Waals surface area contributed by atoms with Gasteiger partial charge in [0.1, 0.15) is 5.75 Å². The molecule has 1 rings (SSSR count). The number of carboxylic acids is 1. The van der Waals surface area contributed by atoms with Crippen molar-refractivity contribution in [2.24, 2.45) is 5.92 Å². The van der Waals surface area contributed by atoms with Gasteiger partial charge in [0, 0.05) is 4.88 Å². The molecule has 1 aromatic heterocycles. The fourth-order valence-corrected chi connectivity index (χ4v) is 2.98. The van der Waals surface area contributed by atoms with Gasteiger partial charge in [0.15, 0.2) is 4.88 Å². The van der Waals surface area contributed by atoms with Crippen molar-refractivity contribution in [2.45, 2.75) is 59.3 Å². The quantitative estimate of drug-likeness (QED) is 0.684. The van der Waals surface area contributed by atoms with Crippen molar-refractivity contribution in [3.63, 3.8) is 0 Å². The number of hydrogen-bond acceptors (Lipinski definition) is 3. The van der Waals surface area contributed by atoms with E-state index in [1.54, 1.807) is 0 Å². The lowest BCUT2D eigenvalue weighted by molar-refractivity contribution is 0.0697. The van der Waals surface area contributed by atoms with Gasteiger partial charge in [-0.05, 0) is 24.3 Å². The van der Waals surface area contributed by atoms with Crippen molar-refractivity contribution in [3.05, 3.63) is 15.8 Å². The van der Waals surface area contributed by atoms with Crippen molar-refractivity contribution < 1.29 is 14.6 Å². The summed E-state index contributed by atoms with van der Waals surface area (Å²) in [7, 11) is 0. The van der Waals surface area contributed by atoms with Crippen LogP contribution in [0.2, 0.25) is 0 Å². The molecule has 0 radical (unpaired) electrons. The van der Waals surface area contributed by atoms with E-state index in [1.807, 2.05) is 6.07 Å². The monoisotopic (exact) mass is 298 g/mol. The summed E-state index contributed by atoms with van der Waals surface area (Å²) in [6.07, 6.45) is 4.61. The second-order valence-corrected chi connectivity index (χ2v) is 6.61. The number of unbranched alkanes of at least 4 members (excludes halogenated alkanes) is 1. The largest absolute Gasteiger partial charge is 0.491 e. The molecular weight excluding hydrogens is 272 g/mol. The third kappa shape index (κ3) is 4.82. The average molecular weight is 298 g/mol. The van der Waals surface area contributed by atoms with E-state index in [0.29, 0.717) is 29.1 Å². The van der Waals surface area contributed by atoms with Crippen molar-refractivity contribution >= 4 is 17.3 Å². The number of carbonyl (C=O) groups is 1. The van der Waals surface area contributed by atoms with Gasteiger partial charge in [0.05, 0.1) is 6.61 Å². The summed E-state index contributed by atoms with van der Waals surface area (Å²) >= 11 is 1.33. The highest BCUT2D eigenvalue weighted by Crippen LogP contribution is 2.34. The van der Waals surface area contributed by atoms with Gasteiger partial charge in [-0.3, -0.25) is 0 Å². The first-order valence-corrected chi connectivity index (χ1v) is 8.30. The first-order chi connectivity index (χ1) is 9.49. The molecule has 4 heteroatoms. The van der Waals surface area contributed by atoms with E-state index in [1.165, 1.54) is 24.2 Å². The maximum absolute atomic E-state index is 11.3. The van der Waals surface area contributed by atoms with Gasteiger partial charge in [-0.25, -0.2) is 4.79 Å². The molecule has 0 fully saturated rings. The van der Waals surface area contributed by atoms with Crippen molar-refractivity contribution in [1.82, 2.24) is 0 Å². The molecule has 20 heavy (non-hydrogen) atoms. The smallest absolute Gasteiger partial charge is 0.349 e. The maximum atomic E-state index is 11.3. The zero-order valence-electron chi connectivity index (χ0n) is 12.9. The van der Waals surface area contributed by atoms with Crippen LogP contribution < -0.4 is 4.74 Å². The molecule has 0 aliphatic rings. The van der Waals surface area contributed by atoms with Crippen LogP contribution in [-0.4, -0.2) is 17.7 Å². The summed E-state index contributed by atoms with van der Waals surface area (Å²) in [5, 5.41) is 9.26. The molecule has 0 amide bonds. The molecule has 0 saturated heterocycles. The predicted molar refractivity (Wildman–Crippen MR) is 84.2 cm³/mol. The SMILES string of the molecule is CCCCC(CC)COc1cc(C(C)C)sc1C(=O)O. The second-order valence-electron chi connectivity index (χ2n) is 5.53. The molecule has 0 aliphatic heterocycles. The number of thiophene rings is 1. The van der Waals surface area contributed by atoms with E-state index in [2.05, 4.69) is 27.7 Å². The number of carboxylic acid groups (broad SMARTS) is 1. The molecule has 0 aromatic carbocycles. The molecule has 0 aliphatic carbocycles. The van der Waals surface area contributed by atoms with Crippen LogP contribution in [0.4, 0.5) is 0 Å². The Bertz CT molecular complexity index is 423. The number of ether oxygens (including phenoxy) is 1. The van der Waals surface area contributed by atoms with Crippen LogP contribution in [0.25, 0.3) is 0 Å². The van der Waals surface area contributed by atoms with Gasteiger partial charge >= 0.3 is 5.97 Å². The molecule has 1 atom stereocenters. The standard InChI is InChI=1S/C16H26O3S/c1-5-7-8-12(6-2)10-19-13-9-14(11(3)4)20-15(13)16(17)18/h9,11-12H,5-8,10H2,1-4H3,(H,17,18). The molecule has 1 heterocycles.